The number of nitrogens with zero attached hydrogens (tertiary/aromatic N) is 5. The van der Waals surface area contributed by atoms with Crippen LogP contribution in [0.2, 0.25) is 0 Å². The van der Waals surface area contributed by atoms with Crippen LogP contribution >= 0.6 is 0 Å². The Hall–Kier alpha value is -2.99. The normalized spacial score (nSPS) is 14.9. The maximum atomic E-state index is 5.93. The SMILES string of the molecule is c1ccc(CN2CCN(c3nccnc3OCc3cccnc3)CC2)cc1. The fourth-order valence-corrected chi connectivity index (χ4v) is 3.23. The Morgan fingerprint density at radius 1 is 0.815 bits per heavy atom. The van der Waals surface area contributed by atoms with Crippen LogP contribution in [-0.2, 0) is 13.2 Å². The summed E-state index contributed by atoms with van der Waals surface area (Å²) >= 11 is 0. The molecule has 1 saturated heterocycles. The van der Waals surface area contributed by atoms with Crippen LogP contribution in [0, 0.1) is 0 Å². The molecule has 138 valence electrons. The lowest BCUT2D eigenvalue weighted by Gasteiger charge is -2.35. The molecule has 1 aromatic carbocycles. The lowest BCUT2D eigenvalue weighted by atomic mass is 10.2. The molecule has 0 spiro atoms. The van der Waals surface area contributed by atoms with Crippen LogP contribution in [0.15, 0.2) is 67.3 Å². The summed E-state index contributed by atoms with van der Waals surface area (Å²) in [5.74, 6) is 1.40. The zero-order chi connectivity index (χ0) is 18.3. The van der Waals surface area contributed by atoms with Crippen LogP contribution in [0.1, 0.15) is 11.1 Å². The highest BCUT2D eigenvalue weighted by Gasteiger charge is 2.21. The zero-order valence-corrected chi connectivity index (χ0v) is 15.2. The molecule has 0 bridgehead atoms. The molecule has 6 nitrogen and oxygen atoms in total. The Bertz CT molecular complexity index is 835. The third-order valence-electron chi connectivity index (χ3n) is 4.67. The minimum Gasteiger partial charge on any atom is -0.470 e. The number of ether oxygens (including phenoxy) is 1. The van der Waals surface area contributed by atoms with Gasteiger partial charge in [0.1, 0.15) is 6.61 Å². The van der Waals surface area contributed by atoms with Crippen molar-refractivity contribution in [2.24, 2.45) is 0 Å². The smallest absolute Gasteiger partial charge is 0.257 e. The first-order valence-corrected chi connectivity index (χ1v) is 9.22. The van der Waals surface area contributed by atoms with E-state index in [2.05, 4.69) is 55.1 Å². The molecule has 0 saturated carbocycles. The zero-order valence-electron chi connectivity index (χ0n) is 15.2. The van der Waals surface area contributed by atoms with Crippen LogP contribution in [0.3, 0.4) is 0 Å². The number of benzene rings is 1. The number of piperazine rings is 1. The molecule has 6 heteroatoms. The molecule has 3 heterocycles. The predicted molar refractivity (Wildman–Crippen MR) is 105 cm³/mol. The number of anilines is 1. The van der Waals surface area contributed by atoms with Gasteiger partial charge in [-0.15, -0.1) is 0 Å². The molecular formula is C21H23N5O. The standard InChI is InChI=1S/C21H23N5O/c1-2-5-18(6-3-1)16-25-11-13-26(14-12-25)20-21(24-10-9-23-20)27-17-19-7-4-8-22-15-19/h1-10,15H,11-14,16-17H2. The van der Waals surface area contributed by atoms with Crippen LogP contribution in [0.5, 0.6) is 5.88 Å². The highest BCUT2D eigenvalue weighted by atomic mass is 16.5. The van der Waals surface area contributed by atoms with E-state index in [-0.39, 0.29) is 0 Å². The minimum absolute atomic E-state index is 0.438. The van der Waals surface area contributed by atoms with Gasteiger partial charge >= 0.3 is 0 Å². The molecule has 0 aliphatic carbocycles. The monoisotopic (exact) mass is 361 g/mol. The van der Waals surface area contributed by atoms with Crippen molar-refractivity contribution in [2.75, 3.05) is 31.1 Å². The first-order chi connectivity index (χ1) is 13.4. The Balaban J connectivity index is 1.37. The summed E-state index contributed by atoms with van der Waals surface area (Å²) in [6, 6.07) is 14.5. The molecule has 1 aliphatic heterocycles. The third kappa shape index (κ3) is 4.60. The molecule has 0 atom stereocenters. The first-order valence-electron chi connectivity index (χ1n) is 9.22. The van der Waals surface area contributed by atoms with E-state index in [0.717, 1.165) is 44.1 Å². The van der Waals surface area contributed by atoms with Crippen LogP contribution < -0.4 is 9.64 Å². The van der Waals surface area contributed by atoms with Crippen molar-refractivity contribution < 1.29 is 4.74 Å². The van der Waals surface area contributed by atoms with Gasteiger partial charge in [0.05, 0.1) is 0 Å². The summed E-state index contributed by atoms with van der Waals surface area (Å²) in [6.45, 7) is 5.23. The van der Waals surface area contributed by atoms with E-state index in [0.29, 0.717) is 12.5 Å². The summed E-state index contributed by atoms with van der Waals surface area (Å²) in [6.07, 6.45) is 6.96. The Kier molecular flexibility index (Phi) is 5.55. The predicted octanol–water partition coefficient (Wildman–Crippen LogP) is 2.77. The molecule has 1 fully saturated rings. The average Bonchev–Trinajstić information content (AvgIpc) is 2.75. The maximum absolute atomic E-state index is 5.93. The van der Waals surface area contributed by atoms with Gasteiger partial charge in [-0.05, 0) is 11.6 Å². The Morgan fingerprint density at radius 3 is 2.37 bits per heavy atom. The lowest BCUT2D eigenvalue weighted by Crippen LogP contribution is -2.46. The van der Waals surface area contributed by atoms with Crippen LogP contribution in [-0.4, -0.2) is 46.0 Å². The molecular weight excluding hydrogens is 338 g/mol. The van der Waals surface area contributed by atoms with Crippen molar-refractivity contribution >= 4 is 5.82 Å². The van der Waals surface area contributed by atoms with Gasteiger partial charge in [-0.3, -0.25) is 9.88 Å². The van der Waals surface area contributed by atoms with Gasteiger partial charge in [0.25, 0.3) is 5.88 Å². The quantitative estimate of drug-likeness (QED) is 0.673. The van der Waals surface area contributed by atoms with Gasteiger partial charge in [0.2, 0.25) is 0 Å². The van der Waals surface area contributed by atoms with E-state index in [1.54, 1.807) is 24.8 Å². The molecule has 0 unspecified atom stereocenters. The molecule has 2 aromatic heterocycles. The molecule has 3 aromatic rings. The van der Waals surface area contributed by atoms with Crippen molar-refractivity contribution in [3.8, 4) is 5.88 Å². The molecule has 0 radical (unpaired) electrons. The summed E-state index contributed by atoms with van der Waals surface area (Å²) in [5, 5.41) is 0. The van der Waals surface area contributed by atoms with Gasteiger partial charge in [-0.2, -0.15) is 0 Å². The topological polar surface area (TPSA) is 54.4 Å². The van der Waals surface area contributed by atoms with Crippen molar-refractivity contribution in [2.45, 2.75) is 13.2 Å². The summed E-state index contributed by atoms with van der Waals surface area (Å²) in [5.41, 5.74) is 2.37. The van der Waals surface area contributed by atoms with E-state index in [9.17, 15) is 0 Å². The van der Waals surface area contributed by atoms with E-state index in [1.807, 2.05) is 12.1 Å². The Labute approximate surface area is 159 Å². The molecule has 1 aliphatic rings. The van der Waals surface area contributed by atoms with Crippen LogP contribution in [0.4, 0.5) is 5.82 Å². The summed E-state index contributed by atoms with van der Waals surface area (Å²) < 4.78 is 5.93. The largest absolute Gasteiger partial charge is 0.470 e. The van der Waals surface area contributed by atoms with Gasteiger partial charge in [0.15, 0.2) is 5.82 Å². The number of rotatable bonds is 6. The number of hydrogen-bond acceptors (Lipinski definition) is 6. The van der Waals surface area contributed by atoms with Crippen LogP contribution in [0.25, 0.3) is 0 Å². The van der Waals surface area contributed by atoms with Crippen molar-refractivity contribution in [1.82, 2.24) is 19.9 Å². The third-order valence-corrected chi connectivity index (χ3v) is 4.67. The van der Waals surface area contributed by atoms with Crippen molar-refractivity contribution in [3.05, 3.63) is 78.4 Å². The van der Waals surface area contributed by atoms with E-state index >= 15 is 0 Å². The summed E-state index contributed by atoms with van der Waals surface area (Å²) in [7, 11) is 0. The second-order valence-electron chi connectivity index (χ2n) is 6.58. The minimum atomic E-state index is 0.438. The molecule has 4 rings (SSSR count). The lowest BCUT2D eigenvalue weighted by molar-refractivity contribution is 0.246. The molecule has 0 amide bonds. The van der Waals surface area contributed by atoms with Gasteiger partial charge in [-0.25, -0.2) is 9.97 Å². The summed E-state index contributed by atoms with van der Waals surface area (Å²) in [4.78, 5) is 17.8. The fraction of sp³-hybridized carbons (Fsp3) is 0.286. The van der Waals surface area contributed by atoms with Crippen molar-refractivity contribution in [3.63, 3.8) is 0 Å². The first kappa shape index (κ1) is 17.4. The van der Waals surface area contributed by atoms with Gasteiger partial charge in [-0.1, -0.05) is 36.4 Å². The highest BCUT2D eigenvalue weighted by Crippen LogP contribution is 2.24. The number of hydrogen-bond donors (Lipinski definition) is 0. The second kappa shape index (κ2) is 8.60. The molecule has 27 heavy (non-hydrogen) atoms. The molecule has 0 N–H and O–H groups in total. The van der Waals surface area contributed by atoms with Gasteiger partial charge < -0.3 is 9.64 Å². The van der Waals surface area contributed by atoms with Gasteiger partial charge in [0, 0.05) is 63.1 Å². The maximum Gasteiger partial charge on any atom is 0.257 e. The van der Waals surface area contributed by atoms with E-state index in [1.165, 1.54) is 5.56 Å². The van der Waals surface area contributed by atoms with E-state index < -0.39 is 0 Å². The second-order valence-corrected chi connectivity index (χ2v) is 6.58. The highest BCUT2D eigenvalue weighted by molar-refractivity contribution is 5.48. The number of pyridine rings is 1. The van der Waals surface area contributed by atoms with Crippen molar-refractivity contribution in [1.29, 1.82) is 0 Å². The Morgan fingerprint density at radius 2 is 1.59 bits per heavy atom. The number of aromatic nitrogens is 3. The average molecular weight is 361 g/mol. The van der Waals surface area contributed by atoms with E-state index in [4.69, 9.17) is 4.74 Å². The fourth-order valence-electron chi connectivity index (χ4n) is 3.23.